The van der Waals surface area contributed by atoms with Crippen molar-refractivity contribution < 1.29 is 0 Å². The minimum absolute atomic E-state index is 0.0479. The van der Waals surface area contributed by atoms with E-state index in [1.807, 2.05) is 18.2 Å². The monoisotopic (exact) mass is 708 g/mol. The van der Waals surface area contributed by atoms with Gasteiger partial charge in [0.2, 0.25) is 0 Å². The highest BCUT2D eigenvalue weighted by Gasteiger charge is 2.36. The van der Waals surface area contributed by atoms with Crippen LogP contribution in [0.5, 0.6) is 0 Å². The quantitative estimate of drug-likeness (QED) is 0.154. The summed E-state index contributed by atoms with van der Waals surface area (Å²) in [6, 6.07) is 52.4. The van der Waals surface area contributed by atoms with Gasteiger partial charge in [-0.05, 0) is 104 Å². The molecule has 0 unspecified atom stereocenters. The molecule has 266 valence electrons. The zero-order valence-corrected chi connectivity index (χ0v) is 32.2. The Morgan fingerprint density at radius 1 is 0.509 bits per heavy atom. The van der Waals surface area contributed by atoms with Crippen LogP contribution in [0.3, 0.4) is 0 Å². The standard InChI is InChI=1S/C53H44N2/c1-34(37-26-28-43-41-22-10-12-24-45(41)52(3,4)47(43)31-37)16-14-17-35(2)49-33-50(55-51(54-49)36-18-8-7-9-19-36)40-21-15-20-38(30-40)39-27-29-44-42-23-11-13-25-46(42)53(5,6)48(44)32-39/h7-33H,1H2,2-6H3/b16-14-,35-17+. The molecule has 0 bridgehead atoms. The first-order valence-corrected chi connectivity index (χ1v) is 19.2. The van der Waals surface area contributed by atoms with Crippen molar-refractivity contribution in [3.8, 4) is 56.0 Å². The maximum Gasteiger partial charge on any atom is 0.160 e. The van der Waals surface area contributed by atoms with Crippen LogP contribution in [-0.4, -0.2) is 9.97 Å². The minimum Gasteiger partial charge on any atom is -0.228 e. The molecule has 2 heteroatoms. The second kappa shape index (κ2) is 13.2. The Balaban J connectivity index is 1.03. The van der Waals surface area contributed by atoms with Gasteiger partial charge in [0.05, 0.1) is 11.4 Å². The lowest BCUT2D eigenvalue weighted by molar-refractivity contribution is 0.660. The van der Waals surface area contributed by atoms with Gasteiger partial charge in [0.15, 0.2) is 5.82 Å². The van der Waals surface area contributed by atoms with E-state index in [1.165, 1.54) is 55.6 Å². The third-order valence-electron chi connectivity index (χ3n) is 11.8. The topological polar surface area (TPSA) is 25.8 Å². The summed E-state index contributed by atoms with van der Waals surface area (Å²) in [6.45, 7) is 15.9. The van der Waals surface area contributed by atoms with Crippen molar-refractivity contribution in [2.45, 2.75) is 45.4 Å². The Kier molecular flexibility index (Phi) is 8.24. The van der Waals surface area contributed by atoms with Crippen molar-refractivity contribution in [1.82, 2.24) is 9.97 Å². The predicted octanol–water partition coefficient (Wildman–Crippen LogP) is 13.8. The van der Waals surface area contributed by atoms with Crippen molar-refractivity contribution in [2.24, 2.45) is 0 Å². The van der Waals surface area contributed by atoms with Gasteiger partial charge in [-0.1, -0.05) is 174 Å². The summed E-state index contributed by atoms with van der Waals surface area (Å²) in [7, 11) is 0. The molecule has 0 saturated heterocycles. The Morgan fingerprint density at radius 3 is 1.78 bits per heavy atom. The molecule has 55 heavy (non-hydrogen) atoms. The number of fused-ring (bicyclic) bond motifs is 6. The number of allylic oxidation sites excluding steroid dienone is 5. The molecule has 0 saturated carbocycles. The SMILES string of the molecule is C=C(/C=C\C=C(/C)c1cc(-c2cccc(-c3ccc4c(c3)C(C)(C)c3ccccc3-4)c2)nc(-c2ccccc2)n1)c1ccc2c(c1)C(C)(C)c1ccccc1-2. The van der Waals surface area contributed by atoms with Crippen molar-refractivity contribution in [3.63, 3.8) is 0 Å². The van der Waals surface area contributed by atoms with Crippen LogP contribution in [-0.2, 0) is 10.8 Å². The summed E-state index contributed by atoms with van der Waals surface area (Å²) in [4.78, 5) is 10.2. The first-order chi connectivity index (χ1) is 26.6. The molecule has 7 aromatic rings. The van der Waals surface area contributed by atoms with E-state index in [1.54, 1.807) is 0 Å². The molecule has 1 heterocycles. The van der Waals surface area contributed by atoms with Crippen LogP contribution in [0.1, 0.15) is 68.1 Å². The molecule has 0 N–H and O–H groups in total. The lowest BCUT2D eigenvalue weighted by Gasteiger charge is -2.22. The lowest BCUT2D eigenvalue weighted by Crippen LogP contribution is -2.15. The van der Waals surface area contributed by atoms with Crippen LogP contribution in [0.15, 0.2) is 170 Å². The lowest BCUT2D eigenvalue weighted by atomic mass is 9.81. The van der Waals surface area contributed by atoms with Gasteiger partial charge in [0.25, 0.3) is 0 Å². The number of nitrogens with zero attached hydrogens (tertiary/aromatic N) is 2. The maximum atomic E-state index is 5.13. The molecule has 0 radical (unpaired) electrons. The van der Waals surface area contributed by atoms with Crippen molar-refractivity contribution in [3.05, 3.63) is 204 Å². The molecular weight excluding hydrogens is 665 g/mol. The van der Waals surface area contributed by atoms with E-state index in [0.29, 0.717) is 5.82 Å². The third-order valence-corrected chi connectivity index (χ3v) is 11.8. The average Bonchev–Trinajstić information content (AvgIpc) is 3.60. The smallest absolute Gasteiger partial charge is 0.160 e. The summed E-state index contributed by atoms with van der Waals surface area (Å²) in [6.07, 6.45) is 6.31. The molecule has 0 atom stereocenters. The van der Waals surface area contributed by atoms with E-state index in [2.05, 4.69) is 187 Å². The van der Waals surface area contributed by atoms with Crippen LogP contribution in [0.25, 0.3) is 67.2 Å². The second-order valence-corrected chi connectivity index (χ2v) is 16.0. The van der Waals surface area contributed by atoms with Crippen LogP contribution >= 0.6 is 0 Å². The van der Waals surface area contributed by atoms with Crippen LogP contribution in [0, 0.1) is 0 Å². The summed E-state index contributed by atoms with van der Waals surface area (Å²) in [5.41, 5.74) is 20.1. The summed E-state index contributed by atoms with van der Waals surface area (Å²) >= 11 is 0. The fourth-order valence-corrected chi connectivity index (χ4v) is 8.65. The van der Waals surface area contributed by atoms with Gasteiger partial charge < -0.3 is 0 Å². The van der Waals surface area contributed by atoms with Crippen LogP contribution in [0.2, 0.25) is 0 Å². The van der Waals surface area contributed by atoms with E-state index in [9.17, 15) is 0 Å². The summed E-state index contributed by atoms with van der Waals surface area (Å²) < 4.78 is 0. The highest BCUT2D eigenvalue weighted by Crippen LogP contribution is 2.50. The van der Waals surface area contributed by atoms with Gasteiger partial charge in [-0.25, -0.2) is 9.97 Å². The zero-order chi connectivity index (χ0) is 37.9. The third kappa shape index (κ3) is 5.90. The number of rotatable bonds is 7. The van der Waals surface area contributed by atoms with Crippen molar-refractivity contribution >= 4 is 11.1 Å². The molecular formula is C53H44N2. The van der Waals surface area contributed by atoms with E-state index >= 15 is 0 Å². The van der Waals surface area contributed by atoms with E-state index in [0.717, 1.165) is 39.2 Å². The molecule has 2 nitrogen and oxygen atoms in total. The minimum atomic E-state index is -0.0546. The van der Waals surface area contributed by atoms with Gasteiger partial charge in [-0.2, -0.15) is 0 Å². The van der Waals surface area contributed by atoms with Gasteiger partial charge in [-0.3, -0.25) is 0 Å². The molecule has 0 amide bonds. The first-order valence-electron chi connectivity index (χ1n) is 19.2. The molecule has 2 aliphatic carbocycles. The highest BCUT2D eigenvalue weighted by atomic mass is 14.9. The van der Waals surface area contributed by atoms with Gasteiger partial charge in [0.1, 0.15) is 0 Å². The number of hydrogen-bond donors (Lipinski definition) is 0. The Bertz CT molecular complexity index is 2720. The van der Waals surface area contributed by atoms with E-state index in [4.69, 9.17) is 9.97 Å². The zero-order valence-electron chi connectivity index (χ0n) is 32.2. The highest BCUT2D eigenvalue weighted by molar-refractivity contribution is 5.86. The van der Waals surface area contributed by atoms with Crippen molar-refractivity contribution in [2.75, 3.05) is 0 Å². The molecule has 1 aromatic heterocycles. The van der Waals surface area contributed by atoms with Crippen LogP contribution < -0.4 is 0 Å². The van der Waals surface area contributed by atoms with Gasteiger partial charge in [0, 0.05) is 22.0 Å². The molecule has 9 rings (SSSR count). The normalized spacial score (nSPS) is 14.7. The molecule has 6 aromatic carbocycles. The van der Waals surface area contributed by atoms with Crippen molar-refractivity contribution in [1.29, 1.82) is 0 Å². The van der Waals surface area contributed by atoms with Gasteiger partial charge >= 0.3 is 0 Å². The summed E-state index contributed by atoms with van der Waals surface area (Å²) in [5, 5.41) is 0. The predicted molar refractivity (Wildman–Crippen MR) is 232 cm³/mol. The van der Waals surface area contributed by atoms with Gasteiger partial charge in [-0.15, -0.1) is 0 Å². The fourth-order valence-electron chi connectivity index (χ4n) is 8.65. The Labute approximate surface area is 325 Å². The number of benzene rings is 6. The van der Waals surface area contributed by atoms with E-state index < -0.39 is 0 Å². The first kappa shape index (κ1) is 34.4. The molecule has 0 fully saturated rings. The number of aromatic nitrogens is 2. The molecule has 2 aliphatic rings. The maximum absolute atomic E-state index is 5.13. The summed E-state index contributed by atoms with van der Waals surface area (Å²) in [5.74, 6) is 0.707. The largest absolute Gasteiger partial charge is 0.228 e. The van der Waals surface area contributed by atoms with Crippen LogP contribution in [0.4, 0.5) is 0 Å². The Hall–Kier alpha value is -6.38. The molecule has 0 spiro atoms. The molecule has 0 aliphatic heterocycles. The second-order valence-electron chi connectivity index (χ2n) is 16.0. The Morgan fingerprint density at radius 2 is 1.07 bits per heavy atom. The average molecular weight is 709 g/mol. The fraction of sp³-hybridized carbons (Fsp3) is 0.132. The number of hydrogen-bond acceptors (Lipinski definition) is 2. The van der Waals surface area contributed by atoms with E-state index in [-0.39, 0.29) is 10.8 Å².